The van der Waals surface area contributed by atoms with Crippen molar-refractivity contribution in [2.75, 3.05) is 33.7 Å². The molecule has 0 spiro atoms. The molecular formula is C20H28N4O2. The quantitative estimate of drug-likeness (QED) is 0.589. The second-order valence-electron chi connectivity index (χ2n) is 6.65. The van der Waals surface area contributed by atoms with E-state index in [1.165, 1.54) is 5.56 Å². The van der Waals surface area contributed by atoms with Crippen molar-refractivity contribution in [1.82, 2.24) is 15.5 Å². The number of likely N-dealkylation sites (N-methyl/N-ethyl adjacent to an activating group) is 1. The van der Waals surface area contributed by atoms with Crippen LogP contribution < -0.4 is 15.4 Å². The highest BCUT2D eigenvalue weighted by molar-refractivity contribution is 5.79. The summed E-state index contributed by atoms with van der Waals surface area (Å²) < 4.78 is 11.5. The fourth-order valence-corrected chi connectivity index (χ4v) is 3.09. The molecule has 140 valence electrons. The summed E-state index contributed by atoms with van der Waals surface area (Å²) in [6.45, 7) is 4.20. The number of para-hydroxylation sites is 1. The van der Waals surface area contributed by atoms with Crippen molar-refractivity contribution >= 4 is 5.96 Å². The van der Waals surface area contributed by atoms with Gasteiger partial charge in [-0.15, -0.1) is 0 Å². The normalized spacial score (nSPS) is 17.7. The van der Waals surface area contributed by atoms with Gasteiger partial charge in [0, 0.05) is 13.0 Å². The van der Waals surface area contributed by atoms with Crippen LogP contribution in [0.15, 0.2) is 52.1 Å². The first kappa shape index (κ1) is 18.3. The molecule has 0 fully saturated rings. The van der Waals surface area contributed by atoms with Crippen molar-refractivity contribution in [2.24, 2.45) is 4.99 Å². The molecule has 26 heavy (non-hydrogen) atoms. The van der Waals surface area contributed by atoms with Crippen LogP contribution in [-0.4, -0.2) is 50.7 Å². The Hall–Kier alpha value is -2.47. The van der Waals surface area contributed by atoms with E-state index in [2.05, 4.69) is 34.6 Å². The van der Waals surface area contributed by atoms with E-state index < -0.39 is 0 Å². The molecule has 0 bridgehead atoms. The third-order valence-electron chi connectivity index (χ3n) is 4.47. The Morgan fingerprint density at radius 1 is 1.23 bits per heavy atom. The van der Waals surface area contributed by atoms with E-state index in [1.54, 1.807) is 6.26 Å². The zero-order valence-electron chi connectivity index (χ0n) is 15.7. The third kappa shape index (κ3) is 4.58. The van der Waals surface area contributed by atoms with E-state index >= 15 is 0 Å². The molecule has 1 aromatic heterocycles. The second kappa shape index (κ2) is 8.76. The number of rotatable bonds is 7. The van der Waals surface area contributed by atoms with Crippen molar-refractivity contribution in [2.45, 2.75) is 25.5 Å². The topological polar surface area (TPSA) is 62.0 Å². The van der Waals surface area contributed by atoms with Crippen LogP contribution in [0.5, 0.6) is 5.75 Å². The van der Waals surface area contributed by atoms with Gasteiger partial charge in [0.25, 0.3) is 0 Å². The van der Waals surface area contributed by atoms with Crippen molar-refractivity contribution in [1.29, 1.82) is 0 Å². The molecule has 2 heterocycles. The second-order valence-corrected chi connectivity index (χ2v) is 6.65. The van der Waals surface area contributed by atoms with E-state index in [1.807, 2.05) is 38.4 Å². The van der Waals surface area contributed by atoms with Gasteiger partial charge in [0.1, 0.15) is 17.6 Å². The lowest BCUT2D eigenvalue weighted by Gasteiger charge is -2.21. The van der Waals surface area contributed by atoms with Crippen molar-refractivity contribution < 1.29 is 9.15 Å². The fourth-order valence-electron chi connectivity index (χ4n) is 3.09. The van der Waals surface area contributed by atoms with Crippen molar-refractivity contribution in [3.8, 4) is 5.75 Å². The summed E-state index contributed by atoms with van der Waals surface area (Å²) >= 11 is 0. The third-order valence-corrected chi connectivity index (χ3v) is 4.47. The van der Waals surface area contributed by atoms with Gasteiger partial charge < -0.3 is 19.8 Å². The van der Waals surface area contributed by atoms with Crippen LogP contribution in [0.3, 0.4) is 0 Å². The molecule has 1 aliphatic rings. The highest BCUT2D eigenvalue weighted by atomic mass is 16.5. The summed E-state index contributed by atoms with van der Waals surface area (Å²) in [7, 11) is 4.07. The largest absolute Gasteiger partial charge is 0.488 e. The molecule has 2 N–H and O–H groups in total. The minimum absolute atomic E-state index is 0.104. The maximum absolute atomic E-state index is 5.99. The van der Waals surface area contributed by atoms with Crippen LogP contribution in [0, 0.1) is 0 Å². The number of benzene rings is 1. The van der Waals surface area contributed by atoms with E-state index in [9.17, 15) is 0 Å². The van der Waals surface area contributed by atoms with E-state index in [4.69, 9.17) is 14.1 Å². The van der Waals surface area contributed by atoms with Gasteiger partial charge in [0.15, 0.2) is 5.96 Å². The summed E-state index contributed by atoms with van der Waals surface area (Å²) in [5, 5.41) is 6.70. The number of nitrogens with one attached hydrogen (secondary N) is 2. The van der Waals surface area contributed by atoms with Crippen LogP contribution in [0.4, 0.5) is 0 Å². The van der Waals surface area contributed by atoms with E-state index in [-0.39, 0.29) is 12.1 Å². The molecule has 0 saturated carbocycles. The zero-order chi connectivity index (χ0) is 18.4. The predicted octanol–water partition coefficient (Wildman–Crippen LogP) is 2.44. The molecular weight excluding hydrogens is 328 g/mol. The fraction of sp³-hybridized carbons (Fsp3) is 0.450. The predicted molar refractivity (Wildman–Crippen MR) is 104 cm³/mol. The Labute approximate surface area is 155 Å². The van der Waals surface area contributed by atoms with Gasteiger partial charge in [-0.2, -0.15) is 0 Å². The summed E-state index contributed by atoms with van der Waals surface area (Å²) in [6, 6.07) is 12.2. The van der Waals surface area contributed by atoms with Crippen molar-refractivity contribution in [3.63, 3.8) is 0 Å². The number of hydrogen-bond donors (Lipinski definition) is 2. The SMILES string of the molecule is CCNC(=NCC(c1ccco1)N(C)C)NCC1Cc2ccccc2O1. The maximum atomic E-state index is 5.99. The molecule has 2 atom stereocenters. The van der Waals surface area contributed by atoms with Crippen LogP contribution in [-0.2, 0) is 6.42 Å². The van der Waals surface area contributed by atoms with Gasteiger partial charge in [-0.3, -0.25) is 9.89 Å². The average molecular weight is 356 g/mol. The highest BCUT2D eigenvalue weighted by Gasteiger charge is 2.22. The highest BCUT2D eigenvalue weighted by Crippen LogP contribution is 2.27. The molecule has 3 rings (SSSR count). The van der Waals surface area contributed by atoms with Crippen LogP contribution in [0.1, 0.15) is 24.3 Å². The first-order chi connectivity index (χ1) is 12.7. The Kier molecular flexibility index (Phi) is 6.17. The van der Waals surface area contributed by atoms with Crippen LogP contribution in [0.25, 0.3) is 0 Å². The minimum Gasteiger partial charge on any atom is -0.488 e. The lowest BCUT2D eigenvalue weighted by atomic mass is 10.1. The molecule has 2 aromatic rings. The summed E-state index contributed by atoms with van der Waals surface area (Å²) in [5.41, 5.74) is 1.27. The molecule has 0 radical (unpaired) electrons. The number of hydrogen-bond acceptors (Lipinski definition) is 4. The van der Waals surface area contributed by atoms with Gasteiger partial charge in [-0.1, -0.05) is 18.2 Å². The molecule has 1 aromatic carbocycles. The smallest absolute Gasteiger partial charge is 0.191 e. The lowest BCUT2D eigenvalue weighted by molar-refractivity contribution is 0.234. The molecule has 2 unspecified atom stereocenters. The average Bonchev–Trinajstić information content (AvgIpc) is 3.28. The molecule has 6 heteroatoms. The molecule has 1 aliphatic heterocycles. The lowest BCUT2D eigenvalue weighted by Crippen LogP contribution is -2.42. The Morgan fingerprint density at radius 2 is 2.08 bits per heavy atom. The molecule has 0 aliphatic carbocycles. The van der Waals surface area contributed by atoms with Gasteiger partial charge >= 0.3 is 0 Å². The molecule has 6 nitrogen and oxygen atoms in total. The molecule has 0 saturated heterocycles. The summed E-state index contributed by atoms with van der Waals surface area (Å²) in [5.74, 6) is 2.71. The number of furan rings is 1. The van der Waals surface area contributed by atoms with Crippen LogP contribution in [0.2, 0.25) is 0 Å². The Balaban J connectivity index is 1.57. The monoisotopic (exact) mass is 356 g/mol. The van der Waals surface area contributed by atoms with Crippen molar-refractivity contribution in [3.05, 3.63) is 54.0 Å². The van der Waals surface area contributed by atoms with Gasteiger partial charge in [0.05, 0.1) is 25.4 Å². The van der Waals surface area contributed by atoms with Crippen LogP contribution >= 0.6 is 0 Å². The summed E-state index contributed by atoms with van der Waals surface area (Å²) in [4.78, 5) is 6.85. The maximum Gasteiger partial charge on any atom is 0.191 e. The number of fused-ring (bicyclic) bond motifs is 1. The number of ether oxygens (including phenoxy) is 1. The first-order valence-electron chi connectivity index (χ1n) is 9.14. The molecule has 0 amide bonds. The zero-order valence-corrected chi connectivity index (χ0v) is 15.7. The Bertz CT molecular complexity index is 687. The Morgan fingerprint density at radius 3 is 2.77 bits per heavy atom. The van der Waals surface area contributed by atoms with Gasteiger partial charge in [0.2, 0.25) is 0 Å². The minimum atomic E-state index is 0.104. The van der Waals surface area contributed by atoms with Gasteiger partial charge in [-0.05, 0) is 44.8 Å². The van der Waals surface area contributed by atoms with Gasteiger partial charge in [-0.25, -0.2) is 0 Å². The number of guanidine groups is 1. The standard InChI is InChI=1S/C20H28N4O2/c1-4-21-20(23-14-17(24(2)3)19-10-7-11-25-19)22-13-16-12-15-8-5-6-9-18(15)26-16/h5-11,16-17H,4,12-14H2,1-3H3,(H2,21,22,23). The summed E-state index contributed by atoms with van der Waals surface area (Å²) in [6.07, 6.45) is 2.76. The number of aliphatic imine (C=N–C) groups is 1. The first-order valence-corrected chi connectivity index (χ1v) is 9.14. The van der Waals surface area contributed by atoms with E-state index in [0.717, 1.165) is 30.4 Å². The number of nitrogens with zero attached hydrogens (tertiary/aromatic N) is 2. The van der Waals surface area contributed by atoms with E-state index in [0.29, 0.717) is 13.1 Å².